The Morgan fingerprint density at radius 2 is 1.68 bits per heavy atom. The van der Waals surface area contributed by atoms with Crippen molar-refractivity contribution in [2.24, 2.45) is 5.41 Å². The predicted molar refractivity (Wildman–Crippen MR) is 136 cm³/mol. The average molecular weight is 486 g/mol. The molecule has 3 heterocycles. The Balaban J connectivity index is 0.000000350. The van der Waals surface area contributed by atoms with Crippen LogP contribution in [0.2, 0.25) is 0 Å². The molecule has 0 spiro atoms. The first-order chi connectivity index (χ1) is 16.1. The molecule has 0 aliphatic carbocycles. The van der Waals surface area contributed by atoms with Crippen LogP contribution in [0, 0.1) is 5.41 Å². The van der Waals surface area contributed by atoms with Gasteiger partial charge in [-0.3, -0.25) is 4.79 Å². The second-order valence-electron chi connectivity index (χ2n) is 10.2. The summed E-state index contributed by atoms with van der Waals surface area (Å²) in [4.78, 5) is 34.6. The number of nitrogens with zero attached hydrogens (tertiary/aromatic N) is 1. The number of carboxylic acids is 2. The van der Waals surface area contributed by atoms with Gasteiger partial charge in [0.2, 0.25) is 0 Å². The number of hydrogen-bond acceptors (Lipinski definition) is 5. The summed E-state index contributed by atoms with van der Waals surface area (Å²) in [6.07, 6.45) is 9.19. The lowest BCUT2D eigenvalue weighted by atomic mass is 9.85. The Morgan fingerprint density at radius 1 is 0.971 bits per heavy atom. The van der Waals surface area contributed by atoms with E-state index < -0.39 is 11.9 Å². The maximum atomic E-state index is 12.7. The van der Waals surface area contributed by atoms with Gasteiger partial charge in [-0.2, -0.15) is 0 Å². The fraction of sp³-hybridized carbons (Fsp3) is 0.519. The third-order valence-corrected chi connectivity index (χ3v) is 7.70. The molecule has 2 saturated heterocycles. The molecule has 2 fully saturated rings. The van der Waals surface area contributed by atoms with Crippen molar-refractivity contribution < 1.29 is 24.6 Å². The van der Waals surface area contributed by atoms with E-state index >= 15 is 0 Å². The number of ketones is 1. The standard InChI is InChI=1S/C23H31NOS.C4H4O4/c1-23(2,3)22(25)17-8-10-21-19(14-17)20(15-26-21)16-7-9-18-6-4-5-12-24(18)13-11-16;5-3(6)1-2-4(7)8/h8,10,14-16,18H,4-7,9,11-13H2,1-3H3;1-2H,(H,5,6)(H,7,8)/b;2-1+. The van der Waals surface area contributed by atoms with Crippen molar-refractivity contribution >= 4 is 39.1 Å². The van der Waals surface area contributed by atoms with Crippen LogP contribution < -0.4 is 0 Å². The highest BCUT2D eigenvalue weighted by Crippen LogP contribution is 2.39. The normalized spacial score (nSPS) is 21.4. The summed E-state index contributed by atoms with van der Waals surface area (Å²) in [5.74, 6) is -1.62. The van der Waals surface area contributed by atoms with Gasteiger partial charge in [0.25, 0.3) is 0 Å². The largest absolute Gasteiger partial charge is 0.478 e. The molecule has 0 bridgehead atoms. The molecule has 1 aromatic carbocycles. The molecule has 2 aliphatic heterocycles. The van der Waals surface area contributed by atoms with E-state index in [9.17, 15) is 14.4 Å². The topological polar surface area (TPSA) is 94.9 Å². The fourth-order valence-electron chi connectivity index (χ4n) is 4.93. The summed E-state index contributed by atoms with van der Waals surface area (Å²) in [6, 6.07) is 7.16. The summed E-state index contributed by atoms with van der Waals surface area (Å²) < 4.78 is 1.33. The number of carbonyl (C=O) groups is 3. The van der Waals surface area contributed by atoms with Gasteiger partial charge in [-0.25, -0.2) is 9.59 Å². The van der Waals surface area contributed by atoms with E-state index in [1.807, 2.05) is 38.2 Å². The first-order valence-corrected chi connectivity index (χ1v) is 12.9. The molecule has 184 valence electrons. The Morgan fingerprint density at radius 3 is 2.32 bits per heavy atom. The van der Waals surface area contributed by atoms with Crippen molar-refractivity contribution in [3.05, 3.63) is 46.9 Å². The summed E-state index contributed by atoms with van der Waals surface area (Å²) in [6.45, 7) is 8.57. The number of Topliss-reactive ketones (excluding diaryl/α,β-unsaturated/α-hetero) is 1. The number of thiophene rings is 1. The lowest BCUT2D eigenvalue weighted by molar-refractivity contribution is -0.134. The Kier molecular flexibility index (Phi) is 8.66. The minimum atomic E-state index is -1.26. The Labute approximate surface area is 205 Å². The molecule has 4 rings (SSSR count). The molecule has 2 aliphatic rings. The molecule has 34 heavy (non-hydrogen) atoms. The highest BCUT2D eigenvalue weighted by Gasteiger charge is 2.29. The third kappa shape index (κ3) is 6.76. The van der Waals surface area contributed by atoms with Crippen molar-refractivity contribution in [2.75, 3.05) is 13.1 Å². The van der Waals surface area contributed by atoms with E-state index in [1.54, 1.807) is 0 Å². The van der Waals surface area contributed by atoms with E-state index in [4.69, 9.17) is 10.2 Å². The van der Waals surface area contributed by atoms with Crippen molar-refractivity contribution in [3.8, 4) is 0 Å². The van der Waals surface area contributed by atoms with Crippen LogP contribution in [0.1, 0.15) is 81.1 Å². The maximum Gasteiger partial charge on any atom is 0.328 e. The SMILES string of the molecule is CC(C)(C)C(=O)c1ccc2scc(C3CCC4CCCCN4CC3)c2c1.O=C(O)/C=C/C(=O)O. The summed E-state index contributed by atoms with van der Waals surface area (Å²) in [7, 11) is 0. The second kappa shape index (κ2) is 11.3. The molecular weight excluding hydrogens is 450 g/mol. The van der Waals surface area contributed by atoms with Gasteiger partial charge in [0.05, 0.1) is 0 Å². The predicted octanol–water partition coefficient (Wildman–Crippen LogP) is 5.96. The number of aliphatic carboxylic acids is 2. The van der Waals surface area contributed by atoms with Crippen LogP contribution >= 0.6 is 11.3 Å². The van der Waals surface area contributed by atoms with E-state index in [2.05, 4.69) is 22.4 Å². The number of hydrogen-bond donors (Lipinski definition) is 2. The maximum absolute atomic E-state index is 12.7. The van der Waals surface area contributed by atoms with Crippen molar-refractivity contribution in [3.63, 3.8) is 0 Å². The van der Waals surface area contributed by atoms with Crippen LogP contribution in [0.15, 0.2) is 35.7 Å². The summed E-state index contributed by atoms with van der Waals surface area (Å²) >= 11 is 1.84. The minimum absolute atomic E-state index is 0.245. The van der Waals surface area contributed by atoms with Crippen LogP contribution in [0.3, 0.4) is 0 Å². The number of carboxylic acid groups (broad SMARTS) is 2. The zero-order valence-electron chi connectivity index (χ0n) is 20.3. The molecule has 6 nitrogen and oxygen atoms in total. The van der Waals surface area contributed by atoms with Crippen LogP contribution in [-0.2, 0) is 9.59 Å². The Hall–Kier alpha value is -2.51. The Bertz CT molecular complexity index is 1030. The van der Waals surface area contributed by atoms with Gasteiger partial charge < -0.3 is 15.1 Å². The molecular formula is C27H35NO5S. The molecule has 0 radical (unpaired) electrons. The van der Waals surface area contributed by atoms with Gasteiger partial charge in [-0.05, 0) is 85.6 Å². The van der Waals surface area contributed by atoms with E-state index in [-0.39, 0.29) is 11.2 Å². The van der Waals surface area contributed by atoms with Crippen molar-refractivity contribution in [1.82, 2.24) is 4.90 Å². The van der Waals surface area contributed by atoms with Crippen LogP contribution in [-0.4, -0.2) is 52.0 Å². The zero-order chi connectivity index (χ0) is 24.9. The van der Waals surface area contributed by atoms with Gasteiger partial charge in [0.1, 0.15) is 0 Å². The molecule has 2 unspecified atom stereocenters. The van der Waals surface area contributed by atoms with Crippen molar-refractivity contribution in [2.45, 2.75) is 71.3 Å². The highest BCUT2D eigenvalue weighted by molar-refractivity contribution is 7.17. The van der Waals surface area contributed by atoms with Gasteiger partial charge in [0.15, 0.2) is 5.78 Å². The second-order valence-corrected chi connectivity index (χ2v) is 11.2. The van der Waals surface area contributed by atoms with Gasteiger partial charge in [-0.15, -0.1) is 11.3 Å². The third-order valence-electron chi connectivity index (χ3n) is 6.72. The molecule has 1 aromatic heterocycles. The van der Waals surface area contributed by atoms with Crippen LogP contribution in [0.25, 0.3) is 10.1 Å². The average Bonchev–Trinajstić information content (AvgIpc) is 3.09. The number of rotatable bonds is 4. The zero-order valence-corrected chi connectivity index (χ0v) is 21.1. The molecule has 2 aromatic rings. The van der Waals surface area contributed by atoms with Gasteiger partial charge >= 0.3 is 11.9 Å². The van der Waals surface area contributed by atoms with Crippen LogP contribution in [0.5, 0.6) is 0 Å². The number of piperidine rings is 1. The number of fused-ring (bicyclic) bond motifs is 2. The number of benzene rings is 1. The van der Waals surface area contributed by atoms with Gasteiger partial charge in [-0.1, -0.05) is 27.2 Å². The molecule has 2 atom stereocenters. The lowest BCUT2D eigenvalue weighted by Crippen LogP contribution is -2.38. The lowest BCUT2D eigenvalue weighted by Gasteiger charge is -2.33. The molecule has 0 saturated carbocycles. The molecule has 2 N–H and O–H groups in total. The van der Waals surface area contributed by atoms with Crippen molar-refractivity contribution in [1.29, 1.82) is 0 Å². The van der Waals surface area contributed by atoms with Gasteiger partial charge in [0, 0.05) is 33.9 Å². The van der Waals surface area contributed by atoms with Crippen LogP contribution in [0.4, 0.5) is 0 Å². The quantitative estimate of drug-likeness (QED) is 0.410. The van der Waals surface area contributed by atoms with E-state index in [1.165, 1.54) is 67.3 Å². The summed E-state index contributed by atoms with van der Waals surface area (Å²) in [5, 5.41) is 19.3. The fourth-order valence-corrected chi connectivity index (χ4v) is 5.96. The van der Waals surface area contributed by atoms with E-state index in [0.717, 1.165) is 11.6 Å². The first-order valence-electron chi connectivity index (χ1n) is 12.0. The van der Waals surface area contributed by atoms with E-state index in [0.29, 0.717) is 18.1 Å². The minimum Gasteiger partial charge on any atom is -0.478 e. The first kappa shape index (κ1) is 26.1. The highest BCUT2D eigenvalue weighted by atomic mass is 32.1. The monoisotopic (exact) mass is 485 g/mol. The summed E-state index contributed by atoms with van der Waals surface area (Å²) in [5.41, 5.74) is 2.04. The number of carbonyl (C=O) groups excluding carboxylic acids is 1. The smallest absolute Gasteiger partial charge is 0.328 e. The molecule has 7 heteroatoms. The molecule has 0 amide bonds.